The Bertz CT molecular complexity index is 644. The van der Waals surface area contributed by atoms with E-state index in [0.717, 1.165) is 4.31 Å². The van der Waals surface area contributed by atoms with Crippen LogP contribution in [0.3, 0.4) is 0 Å². The molecule has 0 amide bonds. The Morgan fingerprint density at radius 1 is 1.42 bits per heavy atom. The second kappa shape index (κ2) is 4.99. The lowest BCUT2D eigenvalue weighted by atomic mass is 10.2. The Morgan fingerprint density at radius 2 is 2.05 bits per heavy atom. The van der Waals surface area contributed by atoms with Gasteiger partial charge in [-0.2, -0.15) is 9.57 Å². The lowest BCUT2D eigenvalue weighted by Gasteiger charge is -2.20. The van der Waals surface area contributed by atoms with Crippen LogP contribution in [0.25, 0.3) is 0 Å². The molecule has 0 atom stereocenters. The molecule has 0 aliphatic heterocycles. The molecule has 1 saturated carbocycles. The first-order chi connectivity index (χ1) is 8.96. The van der Waals surface area contributed by atoms with Gasteiger partial charge in [0, 0.05) is 6.04 Å². The van der Waals surface area contributed by atoms with Gasteiger partial charge in [-0.25, -0.2) is 8.42 Å². The first kappa shape index (κ1) is 13.5. The van der Waals surface area contributed by atoms with Gasteiger partial charge < -0.3 is 5.11 Å². The van der Waals surface area contributed by atoms with Crippen molar-refractivity contribution in [1.29, 1.82) is 5.26 Å². The van der Waals surface area contributed by atoms with Crippen LogP contribution in [0.15, 0.2) is 29.2 Å². The Hall–Kier alpha value is -1.91. The highest BCUT2D eigenvalue weighted by atomic mass is 32.2. The number of carboxylic acids is 1. The van der Waals surface area contributed by atoms with Crippen molar-refractivity contribution in [2.24, 2.45) is 0 Å². The Kier molecular flexibility index (Phi) is 3.55. The first-order valence-corrected chi connectivity index (χ1v) is 7.13. The minimum Gasteiger partial charge on any atom is -0.480 e. The van der Waals surface area contributed by atoms with Crippen LogP contribution in [0.4, 0.5) is 0 Å². The van der Waals surface area contributed by atoms with Crippen LogP contribution in [-0.4, -0.2) is 36.4 Å². The van der Waals surface area contributed by atoms with Gasteiger partial charge in [-0.3, -0.25) is 4.79 Å². The van der Waals surface area contributed by atoms with Crippen molar-refractivity contribution < 1.29 is 18.3 Å². The van der Waals surface area contributed by atoms with Crippen molar-refractivity contribution in [3.05, 3.63) is 29.8 Å². The third kappa shape index (κ3) is 2.75. The number of hydrogen-bond acceptors (Lipinski definition) is 4. The van der Waals surface area contributed by atoms with Crippen molar-refractivity contribution in [2.75, 3.05) is 6.54 Å². The second-order valence-electron chi connectivity index (χ2n) is 4.28. The molecule has 0 spiro atoms. The molecule has 100 valence electrons. The minimum absolute atomic E-state index is 0.0264. The predicted molar refractivity (Wildman–Crippen MR) is 65.7 cm³/mol. The molecule has 1 N–H and O–H groups in total. The van der Waals surface area contributed by atoms with Crippen LogP contribution >= 0.6 is 0 Å². The number of benzene rings is 1. The predicted octanol–water partition coefficient (Wildman–Crippen LogP) is 0.796. The van der Waals surface area contributed by atoms with Crippen LogP contribution in [0.2, 0.25) is 0 Å². The molecule has 1 aromatic carbocycles. The molecule has 0 aromatic heterocycles. The van der Waals surface area contributed by atoms with Gasteiger partial charge in [0.15, 0.2) is 0 Å². The standard InChI is InChI=1S/C12H12N2O4S/c13-7-9-3-1-2-4-11(9)19(17,18)14(8-12(15)16)10-5-6-10/h1-4,10H,5-6,8H2,(H,15,16). The molecule has 19 heavy (non-hydrogen) atoms. The monoisotopic (exact) mass is 280 g/mol. The van der Waals surface area contributed by atoms with Gasteiger partial charge >= 0.3 is 5.97 Å². The molecule has 0 bridgehead atoms. The number of nitrogens with zero attached hydrogens (tertiary/aromatic N) is 2. The molecule has 1 aromatic rings. The lowest BCUT2D eigenvalue weighted by molar-refractivity contribution is -0.137. The van der Waals surface area contributed by atoms with E-state index in [2.05, 4.69) is 0 Å². The largest absolute Gasteiger partial charge is 0.480 e. The Morgan fingerprint density at radius 3 is 2.58 bits per heavy atom. The van der Waals surface area contributed by atoms with E-state index >= 15 is 0 Å². The highest BCUT2D eigenvalue weighted by Gasteiger charge is 2.40. The second-order valence-corrected chi connectivity index (χ2v) is 6.14. The number of nitriles is 1. The van der Waals surface area contributed by atoms with Crippen molar-refractivity contribution in [2.45, 2.75) is 23.8 Å². The quantitative estimate of drug-likeness (QED) is 0.860. The maximum Gasteiger partial charge on any atom is 0.318 e. The molecule has 6 nitrogen and oxygen atoms in total. The SMILES string of the molecule is N#Cc1ccccc1S(=O)(=O)N(CC(=O)O)C1CC1. The van der Waals surface area contributed by atoms with Gasteiger partial charge in [0.2, 0.25) is 10.0 Å². The fraction of sp³-hybridized carbons (Fsp3) is 0.333. The van der Waals surface area contributed by atoms with E-state index in [-0.39, 0.29) is 16.5 Å². The van der Waals surface area contributed by atoms with Crippen LogP contribution in [0.1, 0.15) is 18.4 Å². The fourth-order valence-electron chi connectivity index (χ4n) is 1.82. The lowest BCUT2D eigenvalue weighted by Crippen LogP contribution is -2.37. The highest BCUT2D eigenvalue weighted by Crippen LogP contribution is 2.32. The molecule has 2 rings (SSSR count). The summed E-state index contributed by atoms with van der Waals surface area (Å²) in [6, 6.07) is 7.35. The average Bonchev–Trinajstić information content (AvgIpc) is 3.19. The zero-order chi connectivity index (χ0) is 14.0. The van der Waals surface area contributed by atoms with Gasteiger partial charge in [0.25, 0.3) is 0 Å². The van der Waals surface area contributed by atoms with Crippen LogP contribution in [0, 0.1) is 11.3 Å². The minimum atomic E-state index is -3.95. The van der Waals surface area contributed by atoms with E-state index in [0.29, 0.717) is 12.8 Å². The van der Waals surface area contributed by atoms with Gasteiger partial charge in [0.05, 0.1) is 10.5 Å². The van der Waals surface area contributed by atoms with Crippen molar-refractivity contribution >= 4 is 16.0 Å². The first-order valence-electron chi connectivity index (χ1n) is 5.69. The number of sulfonamides is 1. The van der Waals surface area contributed by atoms with E-state index in [9.17, 15) is 13.2 Å². The van der Waals surface area contributed by atoms with E-state index in [4.69, 9.17) is 10.4 Å². The maximum absolute atomic E-state index is 12.4. The van der Waals surface area contributed by atoms with Crippen LogP contribution in [0.5, 0.6) is 0 Å². The summed E-state index contributed by atoms with van der Waals surface area (Å²) in [5, 5.41) is 17.8. The number of rotatable bonds is 5. The number of aliphatic carboxylic acids is 1. The summed E-state index contributed by atoms with van der Waals surface area (Å²) in [7, 11) is -3.95. The smallest absolute Gasteiger partial charge is 0.318 e. The van der Waals surface area contributed by atoms with Crippen LogP contribution in [-0.2, 0) is 14.8 Å². The molecule has 1 aliphatic carbocycles. The van der Waals surface area contributed by atoms with Crippen molar-refractivity contribution in [3.63, 3.8) is 0 Å². The molecule has 7 heteroatoms. The van der Waals surface area contributed by atoms with Crippen molar-refractivity contribution in [1.82, 2.24) is 4.31 Å². The number of carboxylic acid groups (broad SMARTS) is 1. The summed E-state index contributed by atoms with van der Waals surface area (Å²) in [5.74, 6) is -1.20. The summed E-state index contributed by atoms with van der Waals surface area (Å²) >= 11 is 0. The summed E-state index contributed by atoms with van der Waals surface area (Å²) in [4.78, 5) is 10.7. The molecular weight excluding hydrogens is 268 g/mol. The molecule has 0 unspecified atom stereocenters. The van der Waals surface area contributed by atoms with E-state index < -0.39 is 22.5 Å². The summed E-state index contributed by atoms with van der Waals surface area (Å²) in [6.45, 7) is -0.577. The van der Waals surface area contributed by atoms with Crippen LogP contribution < -0.4 is 0 Å². The Labute approximate surface area is 110 Å². The van der Waals surface area contributed by atoms with Gasteiger partial charge in [0.1, 0.15) is 12.6 Å². The third-order valence-electron chi connectivity index (χ3n) is 2.84. The Balaban J connectivity index is 2.45. The average molecular weight is 280 g/mol. The molecule has 0 saturated heterocycles. The zero-order valence-electron chi connectivity index (χ0n) is 9.98. The van der Waals surface area contributed by atoms with Gasteiger partial charge in [-0.1, -0.05) is 12.1 Å². The molecule has 1 aliphatic rings. The van der Waals surface area contributed by atoms with Gasteiger partial charge in [-0.05, 0) is 25.0 Å². The third-order valence-corrected chi connectivity index (χ3v) is 4.80. The van der Waals surface area contributed by atoms with E-state index in [1.54, 1.807) is 6.07 Å². The van der Waals surface area contributed by atoms with Gasteiger partial charge in [-0.15, -0.1) is 0 Å². The maximum atomic E-state index is 12.4. The summed E-state index contributed by atoms with van der Waals surface area (Å²) in [5.41, 5.74) is 0.0264. The van der Waals surface area contributed by atoms with E-state index in [1.165, 1.54) is 18.2 Å². The fourth-order valence-corrected chi connectivity index (χ4v) is 3.59. The number of carbonyl (C=O) groups is 1. The van der Waals surface area contributed by atoms with Crippen molar-refractivity contribution in [3.8, 4) is 6.07 Å². The highest BCUT2D eigenvalue weighted by molar-refractivity contribution is 7.89. The molecule has 0 heterocycles. The van der Waals surface area contributed by atoms with E-state index in [1.807, 2.05) is 6.07 Å². The summed E-state index contributed by atoms with van der Waals surface area (Å²) < 4.78 is 25.8. The molecule has 0 radical (unpaired) electrons. The molecular formula is C12H12N2O4S. The molecule has 1 fully saturated rings. The normalized spacial score (nSPS) is 15.2. The number of hydrogen-bond donors (Lipinski definition) is 1. The topological polar surface area (TPSA) is 98.5 Å². The zero-order valence-corrected chi connectivity index (χ0v) is 10.8. The summed E-state index contributed by atoms with van der Waals surface area (Å²) in [6.07, 6.45) is 1.31.